The summed E-state index contributed by atoms with van der Waals surface area (Å²) in [7, 11) is 0. The Kier molecular flexibility index (Phi) is 3.11. The van der Waals surface area contributed by atoms with Crippen LogP contribution in [0.5, 0.6) is 0 Å². The second-order valence-corrected chi connectivity index (χ2v) is 5.18. The van der Waals surface area contributed by atoms with Crippen LogP contribution in [0.2, 0.25) is 0 Å². The molecule has 0 unspecified atom stereocenters. The van der Waals surface area contributed by atoms with E-state index in [0.717, 1.165) is 24.1 Å². The highest BCUT2D eigenvalue weighted by atomic mass is 19.1. The van der Waals surface area contributed by atoms with E-state index < -0.39 is 11.4 Å². The molecule has 100 valence electrons. The maximum absolute atomic E-state index is 12.7. The molecule has 0 saturated heterocycles. The molecule has 1 saturated carbocycles. The Labute approximate surface area is 117 Å². The largest absolute Gasteiger partial charge is 0.381 e. The Bertz CT molecular complexity index is 625. The number of pyridine rings is 1. The lowest BCUT2D eigenvalue weighted by Gasteiger charge is -2.43. The van der Waals surface area contributed by atoms with Crippen LogP contribution in [0.4, 0.5) is 10.1 Å². The molecule has 1 aliphatic carbocycles. The maximum Gasteiger partial charge on any atom is 0.212 e. The van der Waals surface area contributed by atoms with E-state index in [1.165, 1.54) is 12.3 Å². The van der Waals surface area contributed by atoms with Crippen LogP contribution in [-0.4, -0.2) is 11.0 Å². The summed E-state index contributed by atoms with van der Waals surface area (Å²) >= 11 is 0. The fourth-order valence-corrected chi connectivity index (χ4v) is 2.73. The van der Waals surface area contributed by atoms with Crippen LogP contribution >= 0.6 is 0 Å². The molecule has 0 atom stereocenters. The fraction of sp³-hybridized carbons (Fsp3) is 0.250. The van der Waals surface area contributed by atoms with Gasteiger partial charge in [-0.1, -0.05) is 30.3 Å². The van der Waals surface area contributed by atoms with E-state index in [0.29, 0.717) is 0 Å². The molecule has 0 aliphatic heterocycles. The standard InChI is InChI=1S/C16H14FN3/c17-15-7-6-13(10-19-15)20-14-8-16(9-14,11-18)12-4-2-1-3-5-12/h1-7,10,14,20H,8-9H2. The predicted molar refractivity (Wildman–Crippen MR) is 74.6 cm³/mol. The zero-order valence-electron chi connectivity index (χ0n) is 10.9. The lowest BCUT2D eigenvalue weighted by molar-refractivity contribution is 0.289. The number of aromatic nitrogens is 1. The first kappa shape index (κ1) is 12.6. The molecule has 20 heavy (non-hydrogen) atoms. The first-order chi connectivity index (χ1) is 9.72. The van der Waals surface area contributed by atoms with Gasteiger partial charge in [0.15, 0.2) is 0 Å². The normalized spacial score (nSPS) is 24.5. The average Bonchev–Trinajstić information content (AvgIpc) is 2.45. The van der Waals surface area contributed by atoms with Crippen molar-refractivity contribution in [2.45, 2.75) is 24.3 Å². The SMILES string of the molecule is N#CC1(c2ccccc2)CC(Nc2ccc(F)nc2)C1. The number of nitrogens with one attached hydrogen (secondary N) is 1. The van der Waals surface area contributed by atoms with Crippen molar-refractivity contribution in [3.05, 3.63) is 60.2 Å². The molecular weight excluding hydrogens is 253 g/mol. The van der Waals surface area contributed by atoms with Gasteiger partial charge in [-0.2, -0.15) is 9.65 Å². The molecule has 0 radical (unpaired) electrons. The number of anilines is 1. The van der Waals surface area contributed by atoms with Gasteiger partial charge in [-0.15, -0.1) is 0 Å². The Hall–Kier alpha value is -2.41. The van der Waals surface area contributed by atoms with Gasteiger partial charge in [-0.3, -0.25) is 0 Å². The maximum atomic E-state index is 12.7. The molecular formula is C16H14FN3. The molecule has 0 spiro atoms. The second-order valence-electron chi connectivity index (χ2n) is 5.18. The fourth-order valence-electron chi connectivity index (χ4n) is 2.73. The van der Waals surface area contributed by atoms with E-state index in [1.54, 1.807) is 6.07 Å². The minimum absolute atomic E-state index is 0.224. The first-order valence-electron chi connectivity index (χ1n) is 6.57. The van der Waals surface area contributed by atoms with Crippen molar-refractivity contribution in [1.82, 2.24) is 4.98 Å². The van der Waals surface area contributed by atoms with Gasteiger partial charge >= 0.3 is 0 Å². The third kappa shape index (κ3) is 2.23. The summed E-state index contributed by atoms with van der Waals surface area (Å²) in [5.41, 5.74) is 1.46. The summed E-state index contributed by atoms with van der Waals surface area (Å²) in [6, 6.07) is 15.5. The summed E-state index contributed by atoms with van der Waals surface area (Å²) in [5.74, 6) is -0.486. The van der Waals surface area contributed by atoms with Crippen molar-refractivity contribution in [3.8, 4) is 6.07 Å². The van der Waals surface area contributed by atoms with Gasteiger partial charge in [-0.25, -0.2) is 4.98 Å². The molecule has 3 rings (SSSR count). The highest BCUT2D eigenvalue weighted by Gasteiger charge is 2.46. The lowest BCUT2D eigenvalue weighted by atomic mass is 9.62. The molecule has 1 aromatic carbocycles. The summed E-state index contributed by atoms with van der Waals surface area (Å²) < 4.78 is 12.7. The first-order valence-corrected chi connectivity index (χ1v) is 6.57. The number of nitriles is 1. The highest BCUT2D eigenvalue weighted by molar-refractivity contribution is 5.45. The summed E-state index contributed by atoms with van der Waals surface area (Å²) in [5, 5.41) is 12.8. The molecule has 1 N–H and O–H groups in total. The van der Waals surface area contributed by atoms with Gasteiger partial charge < -0.3 is 5.32 Å². The van der Waals surface area contributed by atoms with E-state index in [1.807, 2.05) is 30.3 Å². The van der Waals surface area contributed by atoms with Crippen molar-refractivity contribution in [2.24, 2.45) is 0 Å². The second kappa shape index (κ2) is 4.93. The van der Waals surface area contributed by atoms with Crippen molar-refractivity contribution in [2.75, 3.05) is 5.32 Å². The van der Waals surface area contributed by atoms with Crippen molar-refractivity contribution in [1.29, 1.82) is 5.26 Å². The number of benzene rings is 1. The summed E-state index contributed by atoms with van der Waals surface area (Å²) in [4.78, 5) is 3.61. The smallest absolute Gasteiger partial charge is 0.212 e. The summed E-state index contributed by atoms with van der Waals surface area (Å²) in [6.07, 6.45) is 2.99. The molecule has 2 aromatic rings. The van der Waals surface area contributed by atoms with Crippen molar-refractivity contribution >= 4 is 5.69 Å². The molecule has 0 bridgehead atoms. The molecule has 1 aromatic heterocycles. The van der Waals surface area contributed by atoms with Gasteiger partial charge in [0.2, 0.25) is 5.95 Å². The van der Waals surface area contributed by atoms with Crippen LogP contribution in [0, 0.1) is 17.3 Å². The van der Waals surface area contributed by atoms with E-state index >= 15 is 0 Å². The minimum Gasteiger partial charge on any atom is -0.381 e. The Balaban J connectivity index is 1.68. The van der Waals surface area contributed by atoms with Gasteiger partial charge in [0.1, 0.15) is 0 Å². The van der Waals surface area contributed by atoms with E-state index in [9.17, 15) is 9.65 Å². The Morgan fingerprint density at radius 1 is 1.20 bits per heavy atom. The average molecular weight is 267 g/mol. The molecule has 3 nitrogen and oxygen atoms in total. The van der Waals surface area contributed by atoms with Crippen LogP contribution in [-0.2, 0) is 5.41 Å². The zero-order valence-corrected chi connectivity index (χ0v) is 10.9. The van der Waals surface area contributed by atoms with Gasteiger partial charge in [0.25, 0.3) is 0 Å². The number of rotatable bonds is 3. The van der Waals surface area contributed by atoms with Crippen LogP contribution in [0.15, 0.2) is 48.7 Å². The Morgan fingerprint density at radius 3 is 2.55 bits per heavy atom. The van der Waals surface area contributed by atoms with Crippen molar-refractivity contribution in [3.63, 3.8) is 0 Å². The monoisotopic (exact) mass is 267 g/mol. The van der Waals surface area contributed by atoms with Gasteiger partial charge in [-0.05, 0) is 30.5 Å². The van der Waals surface area contributed by atoms with Gasteiger partial charge in [0.05, 0.1) is 23.4 Å². The zero-order chi connectivity index (χ0) is 14.0. The lowest BCUT2D eigenvalue weighted by Crippen LogP contribution is -2.47. The molecule has 1 aliphatic rings. The molecule has 1 heterocycles. The molecule has 1 fully saturated rings. The topological polar surface area (TPSA) is 48.7 Å². The number of hydrogen-bond acceptors (Lipinski definition) is 3. The highest BCUT2D eigenvalue weighted by Crippen LogP contribution is 2.44. The van der Waals surface area contributed by atoms with E-state index in [2.05, 4.69) is 16.4 Å². The molecule has 0 amide bonds. The number of halogens is 1. The summed E-state index contributed by atoms with van der Waals surface area (Å²) in [6.45, 7) is 0. The third-order valence-corrected chi connectivity index (χ3v) is 3.83. The Morgan fingerprint density at radius 2 is 1.95 bits per heavy atom. The van der Waals surface area contributed by atoms with Crippen LogP contribution < -0.4 is 5.32 Å². The predicted octanol–water partition coefficient (Wildman–Crippen LogP) is 3.26. The van der Waals surface area contributed by atoms with Crippen LogP contribution in [0.3, 0.4) is 0 Å². The van der Waals surface area contributed by atoms with Crippen LogP contribution in [0.25, 0.3) is 0 Å². The molecule has 4 heteroatoms. The van der Waals surface area contributed by atoms with Gasteiger partial charge in [0, 0.05) is 6.04 Å². The number of nitrogens with zero attached hydrogens (tertiary/aromatic N) is 2. The van der Waals surface area contributed by atoms with Crippen molar-refractivity contribution < 1.29 is 4.39 Å². The van der Waals surface area contributed by atoms with E-state index in [-0.39, 0.29) is 6.04 Å². The van der Waals surface area contributed by atoms with Crippen LogP contribution in [0.1, 0.15) is 18.4 Å². The number of hydrogen-bond donors (Lipinski definition) is 1. The quantitative estimate of drug-likeness (QED) is 0.868. The minimum atomic E-state index is -0.486. The third-order valence-electron chi connectivity index (χ3n) is 3.83. The van der Waals surface area contributed by atoms with E-state index in [4.69, 9.17) is 0 Å².